The molecule has 0 aromatic heterocycles. The van der Waals surface area contributed by atoms with Crippen LogP contribution < -0.4 is 10.6 Å². The van der Waals surface area contributed by atoms with Crippen LogP contribution in [0.25, 0.3) is 6.08 Å². The van der Waals surface area contributed by atoms with Crippen molar-refractivity contribution in [2.75, 3.05) is 17.7 Å². The Morgan fingerprint density at radius 3 is 2.17 bits per heavy atom. The average molecular weight is 400 g/mol. The molecule has 0 bridgehead atoms. The van der Waals surface area contributed by atoms with Gasteiger partial charge in [0.05, 0.1) is 18.4 Å². The van der Waals surface area contributed by atoms with Crippen molar-refractivity contribution < 1.29 is 19.1 Å². The van der Waals surface area contributed by atoms with E-state index in [1.54, 1.807) is 54.6 Å². The lowest BCUT2D eigenvalue weighted by molar-refractivity contribution is -0.111. The number of esters is 1. The number of hydrogen-bond acceptors (Lipinski definition) is 4. The smallest absolute Gasteiger partial charge is 0.339 e. The first-order valence-corrected chi connectivity index (χ1v) is 9.19. The normalized spacial score (nSPS) is 10.4. The van der Waals surface area contributed by atoms with Crippen molar-refractivity contribution in [2.24, 2.45) is 0 Å². The number of para-hydroxylation sites is 1. The van der Waals surface area contributed by atoms with Gasteiger partial charge >= 0.3 is 5.97 Å². The molecule has 0 radical (unpaired) electrons. The lowest BCUT2D eigenvalue weighted by atomic mass is 10.1. The number of methoxy groups -OCH3 is 1. The van der Waals surface area contributed by atoms with Crippen LogP contribution in [0.5, 0.6) is 0 Å². The highest BCUT2D eigenvalue weighted by molar-refractivity contribution is 6.08. The van der Waals surface area contributed by atoms with Crippen LogP contribution in [-0.2, 0) is 9.53 Å². The highest BCUT2D eigenvalue weighted by atomic mass is 16.5. The highest BCUT2D eigenvalue weighted by Gasteiger charge is 2.14. The Balaban J connectivity index is 1.63. The van der Waals surface area contributed by atoms with Gasteiger partial charge in [-0.05, 0) is 48.0 Å². The molecule has 6 nitrogen and oxygen atoms in total. The van der Waals surface area contributed by atoms with Crippen LogP contribution in [0.3, 0.4) is 0 Å². The zero-order valence-electron chi connectivity index (χ0n) is 16.3. The lowest BCUT2D eigenvalue weighted by Crippen LogP contribution is -2.15. The van der Waals surface area contributed by atoms with Gasteiger partial charge in [0.1, 0.15) is 0 Å². The largest absolute Gasteiger partial charge is 0.465 e. The second kappa shape index (κ2) is 9.84. The van der Waals surface area contributed by atoms with E-state index in [4.69, 9.17) is 4.74 Å². The van der Waals surface area contributed by atoms with Crippen molar-refractivity contribution in [1.82, 2.24) is 0 Å². The topological polar surface area (TPSA) is 84.5 Å². The van der Waals surface area contributed by atoms with Gasteiger partial charge < -0.3 is 15.4 Å². The first-order valence-electron chi connectivity index (χ1n) is 9.19. The minimum Gasteiger partial charge on any atom is -0.465 e. The van der Waals surface area contributed by atoms with Gasteiger partial charge in [-0.1, -0.05) is 42.5 Å². The van der Waals surface area contributed by atoms with Crippen molar-refractivity contribution in [3.05, 3.63) is 102 Å². The number of amides is 2. The van der Waals surface area contributed by atoms with Crippen LogP contribution >= 0.6 is 0 Å². The molecule has 0 heterocycles. The van der Waals surface area contributed by atoms with E-state index < -0.39 is 5.97 Å². The molecule has 0 fully saturated rings. The molecule has 0 spiro atoms. The molecule has 2 N–H and O–H groups in total. The number of hydrogen-bond donors (Lipinski definition) is 2. The quantitative estimate of drug-likeness (QED) is 0.475. The second-order valence-corrected chi connectivity index (χ2v) is 6.30. The molecule has 0 unspecified atom stereocenters. The molecule has 0 saturated carbocycles. The molecule has 3 aromatic rings. The number of rotatable bonds is 6. The molecule has 150 valence electrons. The van der Waals surface area contributed by atoms with Crippen LogP contribution in [-0.4, -0.2) is 24.9 Å². The molecular weight excluding hydrogens is 380 g/mol. The predicted molar refractivity (Wildman–Crippen MR) is 116 cm³/mol. The Kier molecular flexibility index (Phi) is 6.74. The Hall–Kier alpha value is -4.19. The van der Waals surface area contributed by atoms with E-state index in [2.05, 4.69) is 10.6 Å². The van der Waals surface area contributed by atoms with Crippen LogP contribution in [0.1, 0.15) is 26.3 Å². The van der Waals surface area contributed by atoms with Gasteiger partial charge in [0, 0.05) is 17.3 Å². The highest BCUT2D eigenvalue weighted by Crippen LogP contribution is 2.18. The van der Waals surface area contributed by atoms with Gasteiger partial charge in [-0.25, -0.2) is 4.79 Å². The minimum absolute atomic E-state index is 0.266. The zero-order valence-corrected chi connectivity index (χ0v) is 16.3. The molecule has 6 heteroatoms. The standard InChI is InChI=1S/C24H20N2O4/c1-30-24(29)20-9-5-6-10-21(20)26-23(28)18-12-14-19(15-13-18)25-22(27)16-11-17-7-3-2-4-8-17/h2-16H,1H3,(H,25,27)(H,26,28)/b16-11+. The molecule has 0 aliphatic carbocycles. The lowest BCUT2D eigenvalue weighted by Gasteiger charge is -2.10. The summed E-state index contributed by atoms with van der Waals surface area (Å²) in [5.74, 6) is -1.19. The van der Waals surface area contributed by atoms with Crippen molar-refractivity contribution in [2.45, 2.75) is 0 Å². The molecule has 3 aromatic carbocycles. The van der Waals surface area contributed by atoms with Gasteiger partial charge in [-0.2, -0.15) is 0 Å². The summed E-state index contributed by atoms with van der Waals surface area (Å²) in [4.78, 5) is 36.4. The fourth-order valence-corrected chi connectivity index (χ4v) is 2.70. The summed E-state index contributed by atoms with van der Waals surface area (Å²) < 4.78 is 4.73. The van der Waals surface area contributed by atoms with Gasteiger partial charge in [-0.3, -0.25) is 9.59 Å². The third-order valence-corrected chi connectivity index (χ3v) is 4.22. The summed E-state index contributed by atoms with van der Waals surface area (Å²) in [7, 11) is 1.28. The van der Waals surface area contributed by atoms with Crippen molar-refractivity contribution in [3.63, 3.8) is 0 Å². The third-order valence-electron chi connectivity index (χ3n) is 4.22. The Morgan fingerprint density at radius 2 is 1.47 bits per heavy atom. The van der Waals surface area contributed by atoms with Gasteiger partial charge in [0.2, 0.25) is 5.91 Å². The van der Waals surface area contributed by atoms with E-state index in [0.29, 0.717) is 16.9 Å². The fourth-order valence-electron chi connectivity index (χ4n) is 2.70. The van der Waals surface area contributed by atoms with Crippen LogP contribution in [0, 0.1) is 0 Å². The predicted octanol–water partition coefficient (Wildman–Crippen LogP) is 4.38. The number of carbonyl (C=O) groups excluding carboxylic acids is 3. The number of carbonyl (C=O) groups is 3. The average Bonchev–Trinajstić information content (AvgIpc) is 2.78. The van der Waals surface area contributed by atoms with Gasteiger partial charge in [0.15, 0.2) is 0 Å². The number of anilines is 2. The van der Waals surface area contributed by atoms with Crippen LogP contribution in [0.2, 0.25) is 0 Å². The molecule has 0 saturated heterocycles. The van der Waals surface area contributed by atoms with Gasteiger partial charge in [0.25, 0.3) is 5.91 Å². The summed E-state index contributed by atoms with van der Waals surface area (Å²) in [6, 6.07) is 22.5. The molecule has 0 aliphatic rings. The Bertz CT molecular complexity index is 1070. The molecule has 30 heavy (non-hydrogen) atoms. The molecule has 0 aliphatic heterocycles. The van der Waals surface area contributed by atoms with E-state index >= 15 is 0 Å². The first kappa shape index (κ1) is 20.5. The SMILES string of the molecule is COC(=O)c1ccccc1NC(=O)c1ccc(NC(=O)/C=C/c2ccccc2)cc1. The van der Waals surface area contributed by atoms with Crippen LogP contribution in [0.15, 0.2) is 84.9 Å². The summed E-state index contributed by atoms with van der Waals surface area (Å²) in [5.41, 5.74) is 2.49. The third kappa shape index (κ3) is 5.42. The molecule has 2 amide bonds. The van der Waals surface area contributed by atoms with E-state index in [1.807, 2.05) is 30.3 Å². The maximum absolute atomic E-state index is 12.5. The van der Waals surface area contributed by atoms with Crippen LogP contribution in [0.4, 0.5) is 11.4 Å². The number of ether oxygens (including phenoxy) is 1. The van der Waals surface area contributed by atoms with Gasteiger partial charge in [-0.15, -0.1) is 0 Å². The molecule has 0 atom stereocenters. The Morgan fingerprint density at radius 1 is 0.800 bits per heavy atom. The fraction of sp³-hybridized carbons (Fsp3) is 0.0417. The summed E-state index contributed by atoms with van der Waals surface area (Å²) in [6.45, 7) is 0. The number of nitrogens with one attached hydrogen (secondary N) is 2. The zero-order chi connectivity index (χ0) is 21.3. The summed E-state index contributed by atoms with van der Waals surface area (Å²) in [6.07, 6.45) is 3.16. The molecular formula is C24H20N2O4. The minimum atomic E-state index is -0.535. The van der Waals surface area contributed by atoms with Crippen molar-refractivity contribution in [1.29, 1.82) is 0 Å². The van der Waals surface area contributed by atoms with E-state index in [-0.39, 0.29) is 17.4 Å². The van der Waals surface area contributed by atoms with E-state index in [1.165, 1.54) is 13.2 Å². The maximum atomic E-state index is 12.5. The van der Waals surface area contributed by atoms with Crippen molar-refractivity contribution >= 4 is 35.2 Å². The summed E-state index contributed by atoms with van der Waals surface area (Å²) >= 11 is 0. The first-order chi connectivity index (χ1) is 14.6. The second-order valence-electron chi connectivity index (χ2n) is 6.30. The van der Waals surface area contributed by atoms with Crippen molar-refractivity contribution in [3.8, 4) is 0 Å². The number of benzene rings is 3. The van der Waals surface area contributed by atoms with E-state index in [0.717, 1.165) is 5.56 Å². The van der Waals surface area contributed by atoms with E-state index in [9.17, 15) is 14.4 Å². The Labute approximate surface area is 174 Å². The summed E-state index contributed by atoms with van der Waals surface area (Å²) in [5, 5.41) is 5.44. The maximum Gasteiger partial charge on any atom is 0.339 e. The monoisotopic (exact) mass is 400 g/mol. The molecule has 3 rings (SSSR count).